The van der Waals surface area contributed by atoms with E-state index < -0.39 is 0 Å². The predicted octanol–water partition coefficient (Wildman–Crippen LogP) is 2.92. The SMILES string of the molecule is Cl.NC1CCC(NC(=O)C2(c3ccccc3)CCC2)CC1. The van der Waals surface area contributed by atoms with Gasteiger partial charge in [-0.05, 0) is 44.1 Å². The fourth-order valence-corrected chi connectivity index (χ4v) is 3.52. The third kappa shape index (κ3) is 3.24. The number of halogens is 1. The van der Waals surface area contributed by atoms with Gasteiger partial charge >= 0.3 is 0 Å². The van der Waals surface area contributed by atoms with Crippen molar-refractivity contribution < 1.29 is 4.79 Å². The Bertz CT molecular complexity index is 465. The van der Waals surface area contributed by atoms with Crippen molar-refractivity contribution >= 4 is 18.3 Å². The first kappa shape index (κ1) is 16.3. The summed E-state index contributed by atoms with van der Waals surface area (Å²) in [6.45, 7) is 0. The lowest BCUT2D eigenvalue weighted by Crippen LogP contribution is -2.53. The second kappa shape index (κ2) is 6.80. The van der Waals surface area contributed by atoms with Gasteiger partial charge in [-0.25, -0.2) is 0 Å². The molecule has 0 aromatic heterocycles. The molecule has 4 heteroatoms. The van der Waals surface area contributed by atoms with Crippen molar-refractivity contribution in [2.45, 2.75) is 62.4 Å². The Morgan fingerprint density at radius 3 is 2.24 bits per heavy atom. The van der Waals surface area contributed by atoms with Gasteiger partial charge in [-0.15, -0.1) is 12.4 Å². The molecule has 0 bridgehead atoms. The zero-order chi connectivity index (χ0) is 14.0. The van der Waals surface area contributed by atoms with Crippen molar-refractivity contribution in [1.82, 2.24) is 5.32 Å². The average Bonchev–Trinajstić information content (AvgIpc) is 2.41. The molecule has 3 N–H and O–H groups in total. The van der Waals surface area contributed by atoms with E-state index in [1.165, 1.54) is 5.56 Å². The van der Waals surface area contributed by atoms with E-state index in [0.717, 1.165) is 44.9 Å². The molecular weight excluding hydrogens is 284 g/mol. The van der Waals surface area contributed by atoms with Crippen LogP contribution in [-0.4, -0.2) is 18.0 Å². The number of benzene rings is 1. The number of amides is 1. The molecule has 3 rings (SSSR count). The van der Waals surface area contributed by atoms with Gasteiger partial charge in [0.05, 0.1) is 5.41 Å². The van der Waals surface area contributed by atoms with E-state index in [-0.39, 0.29) is 23.7 Å². The Morgan fingerprint density at radius 1 is 1.10 bits per heavy atom. The first-order valence-corrected chi connectivity index (χ1v) is 7.83. The molecular formula is C17H25ClN2O. The van der Waals surface area contributed by atoms with Crippen LogP contribution in [0.25, 0.3) is 0 Å². The Kier molecular flexibility index (Phi) is 5.28. The summed E-state index contributed by atoms with van der Waals surface area (Å²) in [5.74, 6) is 0.232. The van der Waals surface area contributed by atoms with Crippen molar-refractivity contribution in [1.29, 1.82) is 0 Å². The van der Waals surface area contributed by atoms with Crippen LogP contribution in [0.2, 0.25) is 0 Å². The molecule has 0 radical (unpaired) electrons. The maximum atomic E-state index is 12.8. The van der Waals surface area contributed by atoms with Crippen molar-refractivity contribution in [3.05, 3.63) is 35.9 Å². The summed E-state index contributed by atoms with van der Waals surface area (Å²) in [5, 5.41) is 3.29. The maximum absolute atomic E-state index is 12.8. The summed E-state index contributed by atoms with van der Waals surface area (Å²) < 4.78 is 0. The molecule has 2 aliphatic rings. The summed E-state index contributed by atoms with van der Waals surface area (Å²) in [7, 11) is 0. The van der Waals surface area contributed by atoms with E-state index in [4.69, 9.17) is 5.73 Å². The number of hydrogen-bond donors (Lipinski definition) is 2. The van der Waals surface area contributed by atoms with Crippen molar-refractivity contribution in [3.8, 4) is 0 Å². The van der Waals surface area contributed by atoms with Gasteiger partial charge in [0, 0.05) is 12.1 Å². The molecule has 0 atom stereocenters. The van der Waals surface area contributed by atoms with Crippen LogP contribution >= 0.6 is 12.4 Å². The predicted molar refractivity (Wildman–Crippen MR) is 87.6 cm³/mol. The lowest BCUT2D eigenvalue weighted by atomic mass is 9.63. The van der Waals surface area contributed by atoms with Gasteiger partial charge in [0.1, 0.15) is 0 Å². The quantitative estimate of drug-likeness (QED) is 0.902. The second-order valence-corrected chi connectivity index (χ2v) is 6.39. The zero-order valence-corrected chi connectivity index (χ0v) is 13.2. The summed E-state index contributed by atoms with van der Waals surface area (Å²) in [5.41, 5.74) is 6.84. The number of rotatable bonds is 3. The number of hydrogen-bond acceptors (Lipinski definition) is 2. The molecule has 1 amide bonds. The van der Waals surface area contributed by atoms with E-state index in [2.05, 4.69) is 17.4 Å². The van der Waals surface area contributed by atoms with Gasteiger partial charge in [-0.1, -0.05) is 36.8 Å². The van der Waals surface area contributed by atoms with E-state index >= 15 is 0 Å². The summed E-state index contributed by atoms with van der Waals surface area (Å²) in [6, 6.07) is 10.9. The minimum absolute atomic E-state index is 0. The first-order valence-electron chi connectivity index (χ1n) is 7.83. The highest BCUT2D eigenvalue weighted by Crippen LogP contribution is 2.44. The molecule has 1 aromatic rings. The van der Waals surface area contributed by atoms with Crippen LogP contribution in [0.4, 0.5) is 0 Å². The van der Waals surface area contributed by atoms with E-state index in [0.29, 0.717) is 12.1 Å². The van der Waals surface area contributed by atoms with Crippen LogP contribution in [-0.2, 0) is 10.2 Å². The highest BCUT2D eigenvalue weighted by molar-refractivity contribution is 5.89. The number of carbonyl (C=O) groups excluding carboxylic acids is 1. The largest absolute Gasteiger partial charge is 0.353 e. The molecule has 0 heterocycles. The lowest BCUT2D eigenvalue weighted by Gasteiger charge is -2.42. The van der Waals surface area contributed by atoms with Crippen LogP contribution < -0.4 is 11.1 Å². The molecule has 116 valence electrons. The molecule has 21 heavy (non-hydrogen) atoms. The van der Waals surface area contributed by atoms with Crippen LogP contribution in [0, 0.1) is 0 Å². The Hall–Kier alpha value is -1.06. The fourth-order valence-electron chi connectivity index (χ4n) is 3.52. The Morgan fingerprint density at radius 2 is 1.71 bits per heavy atom. The van der Waals surface area contributed by atoms with Crippen LogP contribution in [0.3, 0.4) is 0 Å². The monoisotopic (exact) mass is 308 g/mol. The highest BCUT2D eigenvalue weighted by Gasteiger charge is 2.46. The summed E-state index contributed by atoms with van der Waals surface area (Å²) >= 11 is 0. The molecule has 0 spiro atoms. The van der Waals surface area contributed by atoms with Gasteiger partial charge < -0.3 is 11.1 Å². The molecule has 0 aliphatic heterocycles. The lowest BCUT2D eigenvalue weighted by molar-refractivity contribution is -0.130. The maximum Gasteiger partial charge on any atom is 0.230 e. The fraction of sp³-hybridized carbons (Fsp3) is 0.588. The average molecular weight is 309 g/mol. The molecule has 2 aliphatic carbocycles. The topological polar surface area (TPSA) is 55.1 Å². The summed E-state index contributed by atoms with van der Waals surface area (Å²) in [6.07, 6.45) is 7.23. The van der Waals surface area contributed by atoms with E-state index in [9.17, 15) is 4.79 Å². The standard InChI is InChI=1S/C17H24N2O.ClH/c18-14-7-9-15(10-8-14)19-16(20)17(11-4-12-17)13-5-2-1-3-6-13;/h1-3,5-6,14-15H,4,7-12,18H2,(H,19,20);1H. The normalized spacial score (nSPS) is 27.1. The Balaban J connectivity index is 0.00000161. The van der Waals surface area contributed by atoms with Crippen LogP contribution in [0.5, 0.6) is 0 Å². The number of nitrogens with two attached hydrogens (primary N) is 1. The molecule has 2 saturated carbocycles. The van der Waals surface area contributed by atoms with E-state index in [1.807, 2.05) is 18.2 Å². The van der Waals surface area contributed by atoms with Gasteiger partial charge in [0.2, 0.25) is 5.91 Å². The molecule has 2 fully saturated rings. The van der Waals surface area contributed by atoms with Crippen molar-refractivity contribution in [2.75, 3.05) is 0 Å². The second-order valence-electron chi connectivity index (χ2n) is 6.39. The Labute approximate surface area is 133 Å². The third-order valence-corrected chi connectivity index (χ3v) is 5.08. The molecule has 0 saturated heterocycles. The van der Waals surface area contributed by atoms with Gasteiger partial charge in [-0.3, -0.25) is 4.79 Å². The van der Waals surface area contributed by atoms with Crippen molar-refractivity contribution in [3.63, 3.8) is 0 Å². The van der Waals surface area contributed by atoms with Crippen LogP contribution in [0.15, 0.2) is 30.3 Å². The first-order chi connectivity index (χ1) is 9.71. The zero-order valence-electron chi connectivity index (χ0n) is 12.4. The smallest absolute Gasteiger partial charge is 0.230 e. The number of carbonyl (C=O) groups is 1. The van der Waals surface area contributed by atoms with Crippen molar-refractivity contribution in [2.24, 2.45) is 5.73 Å². The number of nitrogens with one attached hydrogen (secondary N) is 1. The molecule has 3 nitrogen and oxygen atoms in total. The summed E-state index contributed by atoms with van der Waals surface area (Å²) in [4.78, 5) is 12.8. The third-order valence-electron chi connectivity index (χ3n) is 5.08. The molecule has 1 aromatic carbocycles. The van der Waals surface area contributed by atoms with E-state index in [1.54, 1.807) is 0 Å². The molecule has 0 unspecified atom stereocenters. The van der Waals surface area contributed by atoms with Crippen LogP contribution in [0.1, 0.15) is 50.5 Å². The minimum atomic E-state index is -0.263. The van der Waals surface area contributed by atoms with Gasteiger partial charge in [-0.2, -0.15) is 0 Å². The highest BCUT2D eigenvalue weighted by atomic mass is 35.5. The minimum Gasteiger partial charge on any atom is -0.353 e. The van der Waals surface area contributed by atoms with Gasteiger partial charge in [0.25, 0.3) is 0 Å². The van der Waals surface area contributed by atoms with Gasteiger partial charge in [0.15, 0.2) is 0 Å².